The summed E-state index contributed by atoms with van der Waals surface area (Å²) in [6, 6.07) is 8.21. The summed E-state index contributed by atoms with van der Waals surface area (Å²) in [5, 5.41) is 0.422. The highest BCUT2D eigenvalue weighted by Crippen LogP contribution is 2.30. The Morgan fingerprint density at radius 2 is 1.72 bits per heavy atom. The summed E-state index contributed by atoms with van der Waals surface area (Å²) >= 11 is 5.90. The first kappa shape index (κ1) is 12.8. The van der Waals surface area contributed by atoms with Crippen molar-refractivity contribution < 1.29 is 9.18 Å². The van der Waals surface area contributed by atoms with Crippen LogP contribution in [0.2, 0.25) is 5.02 Å². The van der Waals surface area contributed by atoms with Gasteiger partial charge >= 0.3 is 0 Å². The Morgan fingerprint density at radius 1 is 1.11 bits per heavy atom. The van der Waals surface area contributed by atoms with Crippen molar-refractivity contribution in [2.24, 2.45) is 0 Å². The molecule has 0 aliphatic rings. The van der Waals surface area contributed by atoms with Crippen molar-refractivity contribution >= 4 is 17.9 Å². The van der Waals surface area contributed by atoms with E-state index >= 15 is 0 Å². The molecule has 18 heavy (non-hydrogen) atoms. The number of benzene rings is 2. The van der Waals surface area contributed by atoms with Crippen LogP contribution in [0, 0.1) is 19.7 Å². The third kappa shape index (κ3) is 2.29. The van der Waals surface area contributed by atoms with Gasteiger partial charge in [-0.05, 0) is 60.4 Å². The van der Waals surface area contributed by atoms with Crippen molar-refractivity contribution in [1.29, 1.82) is 0 Å². The van der Waals surface area contributed by atoms with E-state index in [1.807, 2.05) is 19.9 Å². The van der Waals surface area contributed by atoms with Gasteiger partial charge in [-0.1, -0.05) is 17.7 Å². The highest BCUT2D eigenvalue weighted by atomic mass is 35.5. The van der Waals surface area contributed by atoms with Gasteiger partial charge in [0.05, 0.1) is 5.02 Å². The SMILES string of the molecule is Cc1cc(F)cc(C)c1-c1ccc(Cl)c(C=O)c1. The van der Waals surface area contributed by atoms with E-state index in [0.717, 1.165) is 28.5 Å². The fraction of sp³-hybridized carbons (Fsp3) is 0.133. The van der Waals surface area contributed by atoms with Crippen LogP contribution in [0.5, 0.6) is 0 Å². The van der Waals surface area contributed by atoms with Crippen LogP contribution < -0.4 is 0 Å². The second-order valence-electron chi connectivity index (χ2n) is 4.27. The minimum absolute atomic E-state index is 0.252. The van der Waals surface area contributed by atoms with Gasteiger partial charge in [0.25, 0.3) is 0 Å². The molecule has 0 bridgehead atoms. The number of aldehydes is 1. The molecular weight excluding hydrogens is 251 g/mol. The summed E-state index contributed by atoms with van der Waals surface area (Å²) in [6.07, 6.45) is 0.722. The van der Waals surface area contributed by atoms with Crippen LogP contribution in [0.3, 0.4) is 0 Å². The molecule has 0 saturated carbocycles. The van der Waals surface area contributed by atoms with Gasteiger partial charge in [0, 0.05) is 5.56 Å². The lowest BCUT2D eigenvalue weighted by Crippen LogP contribution is -1.92. The van der Waals surface area contributed by atoms with Crippen LogP contribution in [-0.4, -0.2) is 6.29 Å². The highest BCUT2D eigenvalue weighted by molar-refractivity contribution is 6.33. The topological polar surface area (TPSA) is 17.1 Å². The molecule has 0 aromatic heterocycles. The van der Waals surface area contributed by atoms with Crippen molar-refractivity contribution in [3.8, 4) is 11.1 Å². The summed E-state index contributed by atoms with van der Waals surface area (Å²) in [4.78, 5) is 10.9. The lowest BCUT2D eigenvalue weighted by Gasteiger charge is -2.11. The summed E-state index contributed by atoms with van der Waals surface area (Å²) < 4.78 is 13.3. The zero-order valence-corrected chi connectivity index (χ0v) is 10.9. The van der Waals surface area contributed by atoms with Crippen molar-refractivity contribution in [3.63, 3.8) is 0 Å². The molecule has 2 aromatic rings. The lowest BCUT2D eigenvalue weighted by molar-refractivity contribution is 0.112. The number of aryl methyl sites for hydroxylation is 2. The molecule has 3 heteroatoms. The minimum Gasteiger partial charge on any atom is -0.298 e. The first-order chi connectivity index (χ1) is 8.52. The number of hydrogen-bond acceptors (Lipinski definition) is 1. The quantitative estimate of drug-likeness (QED) is 0.724. The zero-order valence-electron chi connectivity index (χ0n) is 10.1. The standard InChI is InChI=1S/C15H12ClFO/c1-9-5-13(17)6-10(2)15(9)11-3-4-14(16)12(7-11)8-18/h3-8H,1-2H3. The van der Waals surface area contributed by atoms with Crippen LogP contribution in [0.1, 0.15) is 21.5 Å². The smallest absolute Gasteiger partial charge is 0.151 e. The molecule has 0 radical (unpaired) electrons. The Bertz CT molecular complexity index is 597. The molecule has 0 fully saturated rings. The second kappa shape index (κ2) is 4.91. The maximum absolute atomic E-state index is 13.3. The van der Waals surface area contributed by atoms with Gasteiger partial charge in [0.1, 0.15) is 5.82 Å². The summed E-state index contributed by atoms with van der Waals surface area (Å²) in [5.74, 6) is -0.252. The van der Waals surface area contributed by atoms with Gasteiger partial charge in [-0.15, -0.1) is 0 Å². The molecule has 0 atom stereocenters. The summed E-state index contributed by atoms with van der Waals surface area (Å²) in [7, 11) is 0. The first-order valence-electron chi connectivity index (χ1n) is 5.55. The highest BCUT2D eigenvalue weighted by Gasteiger charge is 2.09. The Morgan fingerprint density at radius 3 is 2.28 bits per heavy atom. The van der Waals surface area contributed by atoms with Gasteiger partial charge in [0.15, 0.2) is 6.29 Å². The molecule has 0 spiro atoms. The molecule has 2 rings (SSSR count). The zero-order chi connectivity index (χ0) is 13.3. The van der Waals surface area contributed by atoms with E-state index in [1.54, 1.807) is 12.1 Å². The van der Waals surface area contributed by atoms with E-state index in [9.17, 15) is 9.18 Å². The predicted octanol–water partition coefficient (Wildman–Crippen LogP) is 4.58. The number of halogens is 2. The molecule has 0 saturated heterocycles. The maximum Gasteiger partial charge on any atom is 0.151 e. The normalized spacial score (nSPS) is 10.4. The van der Waals surface area contributed by atoms with E-state index in [1.165, 1.54) is 12.1 Å². The number of carbonyl (C=O) groups is 1. The molecule has 2 aromatic carbocycles. The molecule has 0 N–H and O–H groups in total. The molecule has 92 valence electrons. The van der Waals surface area contributed by atoms with Crippen LogP contribution in [0.25, 0.3) is 11.1 Å². The largest absolute Gasteiger partial charge is 0.298 e. The van der Waals surface area contributed by atoms with Gasteiger partial charge in [-0.2, -0.15) is 0 Å². The first-order valence-corrected chi connectivity index (χ1v) is 5.92. The Hall–Kier alpha value is -1.67. The monoisotopic (exact) mass is 262 g/mol. The van der Waals surface area contributed by atoms with E-state index in [4.69, 9.17) is 11.6 Å². The van der Waals surface area contributed by atoms with Crippen molar-refractivity contribution in [2.45, 2.75) is 13.8 Å². The maximum atomic E-state index is 13.3. The molecule has 0 amide bonds. The fourth-order valence-electron chi connectivity index (χ4n) is 2.16. The van der Waals surface area contributed by atoms with E-state index < -0.39 is 0 Å². The Kier molecular flexibility index (Phi) is 3.48. The summed E-state index contributed by atoms with van der Waals surface area (Å²) in [6.45, 7) is 3.70. The van der Waals surface area contributed by atoms with Crippen LogP contribution in [0.15, 0.2) is 30.3 Å². The molecular formula is C15H12ClFO. The average molecular weight is 263 g/mol. The van der Waals surface area contributed by atoms with Gasteiger partial charge in [0.2, 0.25) is 0 Å². The molecule has 0 aliphatic carbocycles. The molecule has 0 aliphatic heterocycles. The third-order valence-electron chi connectivity index (χ3n) is 2.91. The van der Waals surface area contributed by atoms with Gasteiger partial charge in [-0.25, -0.2) is 4.39 Å². The van der Waals surface area contributed by atoms with Crippen molar-refractivity contribution in [1.82, 2.24) is 0 Å². The predicted molar refractivity (Wildman–Crippen MR) is 71.7 cm³/mol. The van der Waals surface area contributed by atoms with E-state index in [2.05, 4.69) is 0 Å². The summed E-state index contributed by atoms with van der Waals surface area (Å²) in [5.41, 5.74) is 3.93. The molecule has 0 unspecified atom stereocenters. The molecule has 1 nitrogen and oxygen atoms in total. The van der Waals surface area contributed by atoms with E-state index in [-0.39, 0.29) is 5.82 Å². The minimum atomic E-state index is -0.252. The number of hydrogen-bond donors (Lipinski definition) is 0. The Labute approximate surface area is 110 Å². The fourth-order valence-corrected chi connectivity index (χ4v) is 2.32. The van der Waals surface area contributed by atoms with E-state index in [0.29, 0.717) is 10.6 Å². The van der Waals surface area contributed by atoms with Crippen molar-refractivity contribution in [2.75, 3.05) is 0 Å². The molecule has 0 heterocycles. The van der Waals surface area contributed by atoms with Crippen LogP contribution in [0.4, 0.5) is 4.39 Å². The third-order valence-corrected chi connectivity index (χ3v) is 3.25. The average Bonchev–Trinajstić information content (AvgIpc) is 2.30. The lowest BCUT2D eigenvalue weighted by atomic mass is 9.94. The van der Waals surface area contributed by atoms with Crippen LogP contribution >= 0.6 is 11.6 Å². The van der Waals surface area contributed by atoms with Gasteiger partial charge < -0.3 is 0 Å². The van der Waals surface area contributed by atoms with Gasteiger partial charge in [-0.3, -0.25) is 4.79 Å². The second-order valence-corrected chi connectivity index (χ2v) is 4.68. The van der Waals surface area contributed by atoms with Crippen molar-refractivity contribution in [3.05, 3.63) is 57.9 Å². The number of carbonyl (C=O) groups excluding carboxylic acids is 1. The number of rotatable bonds is 2. The van der Waals surface area contributed by atoms with Crippen LogP contribution in [-0.2, 0) is 0 Å². The Balaban J connectivity index is 2.66.